The summed E-state index contributed by atoms with van der Waals surface area (Å²) in [6.07, 6.45) is 2.60. The molecular formula is C24H32N4OS. The number of nitrogens with one attached hydrogen (secondary N) is 2. The zero-order valence-corrected chi connectivity index (χ0v) is 19.1. The van der Waals surface area contributed by atoms with E-state index in [9.17, 15) is 4.79 Å². The van der Waals surface area contributed by atoms with Crippen molar-refractivity contribution in [3.8, 4) is 0 Å². The van der Waals surface area contributed by atoms with E-state index in [1.807, 2.05) is 12.1 Å². The van der Waals surface area contributed by atoms with Crippen molar-refractivity contribution in [1.29, 1.82) is 0 Å². The smallest absolute Gasteiger partial charge is 0.253 e. The van der Waals surface area contributed by atoms with Crippen LogP contribution in [0.4, 0.5) is 11.4 Å². The molecule has 0 spiro atoms. The Bertz CT molecular complexity index is 864. The van der Waals surface area contributed by atoms with Gasteiger partial charge in [-0.2, -0.15) is 0 Å². The van der Waals surface area contributed by atoms with Gasteiger partial charge in [0.25, 0.3) is 5.91 Å². The molecule has 1 heterocycles. The first-order valence-electron chi connectivity index (χ1n) is 10.6. The zero-order valence-electron chi connectivity index (χ0n) is 18.3. The summed E-state index contributed by atoms with van der Waals surface area (Å²) in [5.41, 5.74) is 4.00. The maximum atomic E-state index is 12.0. The average molecular weight is 425 g/mol. The molecule has 1 fully saturated rings. The first-order valence-corrected chi connectivity index (χ1v) is 11.0. The van der Waals surface area contributed by atoms with Crippen LogP contribution in [0.2, 0.25) is 0 Å². The van der Waals surface area contributed by atoms with E-state index in [4.69, 9.17) is 12.2 Å². The van der Waals surface area contributed by atoms with Crippen molar-refractivity contribution in [2.24, 2.45) is 5.92 Å². The van der Waals surface area contributed by atoms with Gasteiger partial charge in [-0.05, 0) is 79.9 Å². The lowest BCUT2D eigenvalue weighted by Crippen LogP contribution is -2.34. The molecule has 2 aromatic carbocycles. The first-order chi connectivity index (χ1) is 14.3. The summed E-state index contributed by atoms with van der Waals surface area (Å²) in [6, 6.07) is 16.2. The Labute approximate surface area is 185 Å². The van der Waals surface area contributed by atoms with E-state index >= 15 is 0 Å². The van der Waals surface area contributed by atoms with Crippen LogP contribution < -0.4 is 15.5 Å². The lowest BCUT2D eigenvalue weighted by atomic mass is 9.99. The summed E-state index contributed by atoms with van der Waals surface area (Å²) >= 11 is 5.47. The second-order valence-electron chi connectivity index (χ2n) is 8.38. The summed E-state index contributed by atoms with van der Waals surface area (Å²) in [6.45, 7) is 6.71. The number of anilines is 2. The van der Waals surface area contributed by atoms with Crippen LogP contribution in [0, 0.1) is 5.92 Å². The minimum atomic E-state index is -0.0154. The van der Waals surface area contributed by atoms with Crippen molar-refractivity contribution in [3.05, 3.63) is 59.7 Å². The number of rotatable bonds is 5. The Kier molecular flexibility index (Phi) is 7.32. The van der Waals surface area contributed by atoms with Crippen LogP contribution in [0.25, 0.3) is 0 Å². The maximum Gasteiger partial charge on any atom is 0.253 e. The van der Waals surface area contributed by atoms with Crippen LogP contribution in [0.1, 0.15) is 48.7 Å². The lowest BCUT2D eigenvalue weighted by Gasteiger charge is -2.33. The fourth-order valence-electron chi connectivity index (χ4n) is 3.80. The first kappa shape index (κ1) is 22.1. The monoisotopic (exact) mass is 424 g/mol. The molecule has 0 aromatic heterocycles. The molecule has 1 amide bonds. The Hall–Kier alpha value is -2.60. The topological polar surface area (TPSA) is 47.6 Å². The molecule has 1 saturated heterocycles. The van der Waals surface area contributed by atoms with Gasteiger partial charge in [-0.1, -0.05) is 19.1 Å². The van der Waals surface area contributed by atoms with E-state index in [0.29, 0.717) is 10.7 Å². The van der Waals surface area contributed by atoms with Crippen molar-refractivity contribution >= 4 is 34.6 Å². The molecule has 0 bridgehead atoms. The van der Waals surface area contributed by atoms with Gasteiger partial charge in [0.05, 0.1) is 6.04 Å². The number of benzene rings is 2. The number of amides is 1. The Balaban J connectivity index is 1.54. The van der Waals surface area contributed by atoms with Gasteiger partial charge >= 0.3 is 0 Å². The van der Waals surface area contributed by atoms with E-state index < -0.39 is 0 Å². The zero-order chi connectivity index (χ0) is 21.7. The molecular weight excluding hydrogens is 392 g/mol. The standard InChI is InChI=1S/C24H32N4OS/c1-17-6-5-15-28(16-17)22-13-9-19(10-14-22)18(2)25-24(30)26-21-11-7-20(8-12-21)23(29)27(3)4/h7-14,17-18H,5-6,15-16H2,1-4H3,(H2,25,26,30)/t17-,18-/m1/s1. The van der Waals surface area contributed by atoms with Gasteiger partial charge in [-0.15, -0.1) is 0 Å². The Morgan fingerprint density at radius 2 is 1.80 bits per heavy atom. The lowest BCUT2D eigenvalue weighted by molar-refractivity contribution is 0.0827. The average Bonchev–Trinajstić information content (AvgIpc) is 2.73. The van der Waals surface area contributed by atoms with Crippen molar-refractivity contribution in [3.63, 3.8) is 0 Å². The second kappa shape index (κ2) is 9.94. The summed E-state index contributed by atoms with van der Waals surface area (Å²) in [4.78, 5) is 16.0. The van der Waals surface area contributed by atoms with Gasteiger partial charge in [-0.25, -0.2) is 0 Å². The summed E-state index contributed by atoms with van der Waals surface area (Å²) in [7, 11) is 3.49. The van der Waals surface area contributed by atoms with Crippen molar-refractivity contribution in [2.75, 3.05) is 37.4 Å². The molecule has 0 aliphatic carbocycles. The highest BCUT2D eigenvalue weighted by Gasteiger charge is 2.17. The highest BCUT2D eigenvalue weighted by atomic mass is 32.1. The maximum absolute atomic E-state index is 12.0. The summed E-state index contributed by atoms with van der Waals surface area (Å²) < 4.78 is 0. The molecule has 0 unspecified atom stereocenters. The van der Waals surface area contributed by atoms with Crippen molar-refractivity contribution < 1.29 is 4.79 Å². The third kappa shape index (κ3) is 5.72. The second-order valence-corrected chi connectivity index (χ2v) is 8.79. The van der Waals surface area contributed by atoms with Crippen LogP contribution in [-0.4, -0.2) is 43.1 Å². The van der Waals surface area contributed by atoms with Crippen LogP contribution in [0.3, 0.4) is 0 Å². The fraction of sp³-hybridized carbons (Fsp3) is 0.417. The van der Waals surface area contributed by atoms with E-state index in [1.165, 1.54) is 24.1 Å². The third-order valence-electron chi connectivity index (χ3n) is 5.56. The number of hydrogen-bond acceptors (Lipinski definition) is 3. The van der Waals surface area contributed by atoms with E-state index in [0.717, 1.165) is 24.7 Å². The normalized spacial score (nSPS) is 17.2. The predicted molar refractivity (Wildman–Crippen MR) is 129 cm³/mol. The van der Waals surface area contributed by atoms with Crippen LogP contribution in [0.5, 0.6) is 0 Å². The van der Waals surface area contributed by atoms with Crippen LogP contribution in [-0.2, 0) is 0 Å². The Morgan fingerprint density at radius 1 is 1.13 bits per heavy atom. The van der Waals surface area contributed by atoms with Gasteiger partial charge in [0, 0.05) is 44.1 Å². The molecule has 0 radical (unpaired) electrons. The molecule has 3 rings (SSSR count). The number of thiocarbonyl (C=S) groups is 1. The molecule has 2 atom stereocenters. The summed E-state index contributed by atoms with van der Waals surface area (Å²) in [5.74, 6) is 0.746. The van der Waals surface area contributed by atoms with Gasteiger partial charge in [0.1, 0.15) is 0 Å². The largest absolute Gasteiger partial charge is 0.371 e. The van der Waals surface area contributed by atoms with Crippen molar-refractivity contribution in [2.45, 2.75) is 32.7 Å². The quantitative estimate of drug-likeness (QED) is 0.683. The van der Waals surface area contributed by atoms with Crippen LogP contribution in [0.15, 0.2) is 48.5 Å². The molecule has 0 saturated carbocycles. The number of piperidine rings is 1. The highest BCUT2D eigenvalue weighted by molar-refractivity contribution is 7.80. The van der Waals surface area contributed by atoms with E-state index in [2.05, 4.69) is 53.6 Å². The number of carbonyl (C=O) groups is 1. The molecule has 6 heteroatoms. The number of carbonyl (C=O) groups excluding carboxylic acids is 1. The number of nitrogens with zero attached hydrogens (tertiary/aromatic N) is 2. The summed E-state index contributed by atoms with van der Waals surface area (Å²) in [5, 5.41) is 7.09. The molecule has 1 aliphatic rings. The minimum Gasteiger partial charge on any atom is -0.371 e. The molecule has 2 N–H and O–H groups in total. The molecule has 2 aromatic rings. The van der Waals surface area contributed by atoms with Gasteiger partial charge in [-0.3, -0.25) is 4.79 Å². The molecule has 5 nitrogen and oxygen atoms in total. The molecule has 160 valence electrons. The van der Waals surface area contributed by atoms with Crippen LogP contribution >= 0.6 is 12.2 Å². The predicted octanol–water partition coefficient (Wildman–Crippen LogP) is 4.67. The SMILES string of the molecule is C[C@@H]1CCCN(c2ccc([C@@H](C)NC(=S)Nc3ccc(C(=O)N(C)C)cc3)cc2)C1. The third-order valence-corrected chi connectivity index (χ3v) is 5.78. The highest BCUT2D eigenvalue weighted by Crippen LogP contribution is 2.24. The Morgan fingerprint density at radius 3 is 2.40 bits per heavy atom. The molecule has 30 heavy (non-hydrogen) atoms. The van der Waals surface area contributed by atoms with Crippen molar-refractivity contribution in [1.82, 2.24) is 10.2 Å². The van der Waals surface area contributed by atoms with Gasteiger partial charge < -0.3 is 20.4 Å². The molecule has 1 aliphatic heterocycles. The van der Waals surface area contributed by atoms with E-state index in [-0.39, 0.29) is 11.9 Å². The van der Waals surface area contributed by atoms with E-state index in [1.54, 1.807) is 31.1 Å². The number of hydrogen-bond donors (Lipinski definition) is 2. The van der Waals surface area contributed by atoms with Gasteiger partial charge in [0.2, 0.25) is 0 Å². The minimum absolute atomic E-state index is 0.0154. The fourth-order valence-corrected chi connectivity index (χ4v) is 4.09. The van der Waals surface area contributed by atoms with Gasteiger partial charge in [0.15, 0.2) is 5.11 Å².